The van der Waals surface area contributed by atoms with E-state index in [2.05, 4.69) is 51.7 Å². The molecule has 29 heavy (non-hydrogen) atoms. The maximum absolute atomic E-state index is 12.1. The molecule has 0 saturated heterocycles. The molecule has 1 aromatic carbocycles. The SMILES string of the molecule is C/C(O)=C(\N=O)C(=O)Nc1cnc2c(c1)CC(N(C)CCc1ccccc1)CC2. The van der Waals surface area contributed by atoms with Crippen molar-refractivity contribution in [1.29, 1.82) is 0 Å². The summed E-state index contributed by atoms with van der Waals surface area (Å²) in [7, 11) is 2.15. The molecule has 1 aliphatic carbocycles. The molecule has 0 aliphatic heterocycles. The Balaban J connectivity index is 1.64. The van der Waals surface area contributed by atoms with Gasteiger partial charge < -0.3 is 15.3 Å². The molecule has 2 aromatic rings. The first-order valence-corrected chi connectivity index (χ1v) is 9.74. The number of aromatic nitrogens is 1. The van der Waals surface area contributed by atoms with Crippen LogP contribution in [0.3, 0.4) is 0 Å². The van der Waals surface area contributed by atoms with E-state index in [-0.39, 0.29) is 0 Å². The van der Waals surface area contributed by atoms with E-state index in [1.54, 1.807) is 6.20 Å². The number of hydrogen-bond donors (Lipinski definition) is 2. The predicted octanol–water partition coefficient (Wildman–Crippen LogP) is 3.61. The lowest BCUT2D eigenvalue weighted by molar-refractivity contribution is -0.113. The second kappa shape index (κ2) is 9.43. The molecule has 7 nitrogen and oxygen atoms in total. The number of fused-ring (bicyclic) bond motifs is 1. The molecule has 0 fully saturated rings. The minimum Gasteiger partial charge on any atom is -0.510 e. The van der Waals surface area contributed by atoms with Gasteiger partial charge in [0.05, 0.1) is 11.9 Å². The Morgan fingerprint density at radius 2 is 2.10 bits per heavy atom. The van der Waals surface area contributed by atoms with Crippen LogP contribution < -0.4 is 5.32 Å². The maximum Gasteiger partial charge on any atom is 0.281 e. The zero-order valence-corrected chi connectivity index (χ0v) is 16.8. The van der Waals surface area contributed by atoms with E-state index < -0.39 is 17.4 Å². The van der Waals surface area contributed by atoms with Gasteiger partial charge in [-0.05, 0) is 62.0 Å². The van der Waals surface area contributed by atoms with Gasteiger partial charge in [0.2, 0.25) is 5.70 Å². The Kier molecular flexibility index (Phi) is 6.72. The number of amides is 1. The quantitative estimate of drug-likeness (QED) is 0.425. The molecule has 0 spiro atoms. The first kappa shape index (κ1) is 20.7. The Labute approximate surface area is 170 Å². The second-order valence-corrected chi connectivity index (χ2v) is 7.42. The Morgan fingerprint density at radius 1 is 1.34 bits per heavy atom. The number of aryl methyl sites for hydroxylation is 1. The standard InChI is InChI=1S/C22H26N4O3/c1-15(27)21(25-29)22(28)24-18-12-17-13-19(8-9-20(17)23-14-18)26(2)11-10-16-6-4-3-5-7-16/h3-7,12,14,19,27H,8-11,13H2,1-2H3,(H,24,28)/b21-15+. The van der Waals surface area contributed by atoms with Crippen molar-refractivity contribution in [3.8, 4) is 0 Å². The van der Waals surface area contributed by atoms with E-state index in [4.69, 9.17) is 0 Å². The van der Waals surface area contributed by atoms with Crippen molar-refractivity contribution in [2.24, 2.45) is 5.18 Å². The molecular weight excluding hydrogens is 368 g/mol. The number of likely N-dealkylation sites (N-methyl/N-ethyl adjacent to an activating group) is 1. The van der Waals surface area contributed by atoms with Crippen LogP contribution in [0, 0.1) is 4.91 Å². The zero-order chi connectivity index (χ0) is 20.8. The van der Waals surface area contributed by atoms with Gasteiger partial charge in [0.1, 0.15) is 5.76 Å². The van der Waals surface area contributed by atoms with Gasteiger partial charge in [-0.25, -0.2) is 0 Å². The van der Waals surface area contributed by atoms with E-state index in [1.165, 1.54) is 12.5 Å². The van der Waals surface area contributed by atoms with Crippen LogP contribution in [0.5, 0.6) is 0 Å². The number of aliphatic hydroxyl groups is 1. The summed E-state index contributed by atoms with van der Waals surface area (Å²) in [6, 6.07) is 12.7. The van der Waals surface area contributed by atoms with Gasteiger partial charge in [0, 0.05) is 18.3 Å². The largest absolute Gasteiger partial charge is 0.510 e. The number of allylic oxidation sites excluding steroid dienone is 1. The van der Waals surface area contributed by atoms with Crippen LogP contribution in [0.15, 0.2) is 59.2 Å². The highest BCUT2D eigenvalue weighted by Crippen LogP contribution is 2.25. The van der Waals surface area contributed by atoms with Crippen LogP contribution >= 0.6 is 0 Å². The number of benzene rings is 1. The fraction of sp³-hybridized carbons (Fsp3) is 0.364. The summed E-state index contributed by atoms with van der Waals surface area (Å²) < 4.78 is 0. The minimum absolute atomic E-state index is 0.408. The average Bonchev–Trinajstić information content (AvgIpc) is 2.72. The van der Waals surface area contributed by atoms with E-state index >= 15 is 0 Å². The average molecular weight is 394 g/mol. The molecule has 3 rings (SSSR count). The summed E-state index contributed by atoms with van der Waals surface area (Å²) in [6.07, 6.45) is 5.36. The van der Waals surface area contributed by atoms with Gasteiger partial charge in [-0.3, -0.25) is 9.78 Å². The number of nitroso groups, excluding NO2 is 1. The van der Waals surface area contributed by atoms with Crippen LogP contribution in [-0.2, 0) is 24.1 Å². The number of aliphatic hydroxyl groups excluding tert-OH is 1. The number of nitrogens with one attached hydrogen (secondary N) is 1. The van der Waals surface area contributed by atoms with Gasteiger partial charge in [0.25, 0.3) is 5.91 Å². The molecule has 152 valence electrons. The van der Waals surface area contributed by atoms with Crippen LogP contribution in [0.1, 0.15) is 30.2 Å². The number of pyridine rings is 1. The highest BCUT2D eigenvalue weighted by atomic mass is 16.3. The first-order chi connectivity index (χ1) is 14.0. The second-order valence-electron chi connectivity index (χ2n) is 7.42. The van der Waals surface area contributed by atoms with Crippen molar-refractivity contribution < 1.29 is 9.90 Å². The molecule has 1 unspecified atom stereocenters. The molecule has 0 radical (unpaired) electrons. The van der Waals surface area contributed by atoms with Crippen molar-refractivity contribution in [3.63, 3.8) is 0 Å². The molecule has 1 amide bonds. The maximum atomic E-state index is 12.1. The molecule has 1 atom stereocenters. The molecule has 7 heteroatoms. The normalized spacial score (nSPS) is 16.7. The topological polar surface area (TPSA) is 94.9 Å². The highest BCUT2D eigenvalue weighted by Gasteiger charge is 2.23. The van der Waals surface area contributed by atoms with Crippen LogP contribution in [-0.4, -0.2) is 40.5 Å². The summed E-state index contributed by atoms with van der Waals surface area (Å²) >= 11 is 0. The summed E-state index contributed by atoms with van der Waals surface area (Å²) in [4.78, 5) is 29.7. The lowest BCUT2D eigenvalue weighted by Crippen LogP contribution is -2.38. The number of hydrogen-bond acceptors (Lipinski definition) is 6. The van der Waals surface area contributed by atoms with Crippen LogP contribution in [0.4, 0.5) is 5.69 Å². The van der Waals surface area contributed by atoms with Gasteiger partial charge in [-0.1, -0.05) is 30.3 Å². The zero-order valence-electron chi connectivity index (χ0n) is 16.8. The van der Waals surface area contributed by atoms with E-state index in [1.807, 2.05) is 12.1 Å². The van der Waals surface area contributed by atoms with E-state index in [0.29, 0.717) is 11.7 Å². The molecule has 1 aromatic heterocycles. The Hall–Kier alpha value is -3.06. The number of rotatable bonds is 7. The monoisotopic (exact) mass is 394 g/mol. The van der Waals surface area contributed by atoms with E-state index in [0.717, 1.165) is 43.5 Å². The third-order valence-corrected chi connectivity index (χ3v) is 5.36. The number of anilines is 1. The fourth-order valence-electron chi connectivity index (χ4n) is 3.64. The minimum atomic E-state index is -0.742. The number of nitrogens with zero attached hydrogens (tertiary/aromatic N) is 3. The van der Waals surface area contributed by atoms with Crippen molar-refractivity contribution in [1.82, 2.24) is 9.88 Å². The third-order valence-electron chi connectivity index (χ3n) is 5.36. The summed E-state index contributed by atoms with van der Waals surface area (Å²) in [5.74, 6) is -1.15. The highest BCUT2D eigenvalue weighted by molar-refractivity contribution is 6.03. The van der Waals surface area contributed by atoms with E-state index in [9.17, 15) is 14.8 Å². The van der Waals surface area contributed by atoms with Crippen molar-refractivity contribution >= 4 is 11.6 Å². The number of carbonyl (C=O) groups is 1. The number of carbonyl (C=O) groups excluding carboxylic acids is 1. The lowest BCUT2D eigenvalue weighted by Gasteiger charge is -2.32. The van der Waals surface area contributed by atoms with Gasteiger partial charge in [-0.2, -0.15) is 0 Å². The van der Waals surface area contributed by atoms with Crippen molar-refractivity contribution in [3.05, 3.63) is 75.8 Å². The van der Waals surface area contributed by atoms with Crippen LogP contribution in [0.2, 0.25) is 0 Å². The van der Waals surface area contributed by atoms with Crippen molar-refractivity contribution in [2.75, 3.05) is 18.9 Å². The van der Waals surface area contributed by atoms with Crippen LogP contribution in [0.25, 0.3) is 0 Å². The molecule has 1 aliphatic rings. The smallest absolute Gasteiger partial charge is 0.281 e. The first-order valence-electron chi connectivity index (χ1n) is 9.74. The summed E-state index contributed by atoms with van der Waals surface area (Å²) in [6.45, 7) is 2.22. The van der Waals surface area contributed by atoms with Gasteiger partial charge in [0.15, 0.2) is 0 Å². The van der Waals surface area contributed by atoms with Crippen molar-refractivity contribution in [2.45, 2.75) is 38.6 Å². The summed E-state index contributed by atoms with van der Waals surface area (Å²) in [5, 5.41) is 14.6. The Bertz CT molecular complexity index is 908. The van der Waals surface area contributed by atoms with Gasteiger partial charge in [-0.15, -0.1) is 4.91 Å². The lowest BCUT2D eigenvalue weighted by atomic mass is 9.90. The Morgan fingerprint density at radius 3 is 2.79 bits per heavy atom. The molecule has 2 N–H and O–H groups in total. The molecule has 0 saturated carbocycles. The molecule has 1 heterocycles. The predicted molar refractivity (Wildman–Crippen MR) is 113 cm³/mol. The summed E-state index contributed by atoms with van der Waals surface area (Å²) in [5.41, 5.74) is 3.42. The van der Waals surface area contributed by atoms with Gasteiger partial charge >= 0.3 is 0 Å². The third kappa shape index (κ3) is 5.26. The molecule has 0 bridgehead atoms. The molecular formula is C22H26N4O3. The fourth-order valence-corrected chi connectivity index (χ4v) is 3.64.